The van der Waals surface area contributed by atoms with Gasteiger partial charge >= 0.3 is 0 Å². The molecule has 82 valence electrons. The highest BCUT2D eigenvalue weighted by molar-refractivity contribution is 6.70. The zero-order chi connectivity index (χ0) is 12.0. The van der Waals surface area contributed by atoms with E-state index in [2.05, 4.69) is 11.8 Å². The summed E-state index contributed by atoms with van der Waals surface area (Å²) in [7, 11) is -1.78. The Hall–Kier alpha value is -1.75. The van der Waals surface area contributed by atoms with E-state index in [4.69, 9.17) is 4.43 Å². The minimum Gasteiger partial charge on any atom is -0.531 e. The summed E-state index contributed by atoms with van der Waals surface area (Å²) >= 11 is 0. The minimum atomic E-state index is -1.78. The molecule has 1 rings (SSSR count). The normalized spacial score (nSPS) is 9.69. The largest absolute Gasteiger partial charge is 0.531 e. The van der Waals surface area contributed by atoms with Crippen molar-refractivity contribution >= 4 is 14.3 Å². The van der Waals surface area contributed by atoms with Crippen LogP contribution in [0.25, 0.3) is 0 Å². The van der Waals surface area contributed by atoms with Crippen molar-refractivity contribution in [1.29, 1.82) is 0 Å². The lowest BCUT2D eigenvalue weighted by atomic mass is 10.2. The maximum absolute atomic E-state index is 10.6. The topological polar surface area (TPSA) is 26.3 Å². The molecule has 16 heavy (non-hydrogen) atoms. The maximum Gasteiger partial charge on any atom is 0.244 e. The molecule has 0 aliphatic rings. The summed E-state index contributed by atoms with van der Waals surface area (Å²) in [6.07, 6.45) is 0. The van der Waals surface area contributed by atoms with Crippen LogP contribution in [0.2, 0.25) is 19.6 Å². The molecule has 0 spiro atoms. The molecule has 3 heteroatoms. The number of rotatable bonds is 2. The van der Waals surface area contributed by atoms with Crippen molar-refractivity contribution in [1.82, 2.24) is 0 Å². The SMILES string of the molecule is C[Si](C)(C)OC(=C=O)C#Cc1ccccc1. The molecule has 0 unspecified atom stereocenters. The van der Waals surface area contributed by atoms with Gasteiger partial charge in [-0.15, -0.1) is 0 Å². The second kappa shape index (κ2) is 5.36. The number of hydrogen-bond acceptors (Lipinski definition) is 2. The van der Waals surface area contributed by atoms with Crippen LogP contribution in [0.3, 0.4) is 0 Å². The first-order valence-electron chi connectivity index (χ1n) is 5.02. The lowest BCUT2D eigenvalue weighted by molar-refractivity contribution is 0.445. The second-order valence-electron chi connectivity index (χ2n) is 4.26. The summed E-state index contributed by atoms with van der Waals surface area (Å²) in [5.41, 5.74) is 0.856. The highest BCUT2D eigenvalue weighted by Crippen LogP contribution is 2.07. The van der Waals surface area contributed by atoms with Crippen molar-refractivity contribution < 1.29 is 9.22 Å². The Kier molecular flexibility index (Phi) is 4.13. The average molecular weight is 230 g/mol. The molecule has 2 nitrogen and oxygen atoms in total. The molecule has 0 aliphatic carbocycles. The summed E-state index contributed by atoms with van der Waals surface area (Å²) in [6.45, 7) is 5.98. The Morgan fingerprint density at radius 2 is 1.81 bits per heavy atom. The average Bonchev–Trinajstić information content (AvgIpc) is 2.24. The van der Waals surface area contributed by atoms with Crippen LogP contribution in [0, 0.1) is 11.8 Å². The fourth-order valence-corrected chi connectivity index (χ4v) is 1.73. The van der Waals surface area contributed by atoms with E-state index < -0.39 is 8.32 Å². The Morgan fingerprint density at radius 1 is 1.19 bits per heavy atom. The standard InChI is InChI=1S/C13H14O2Si/c1-16(2,3)15-13(11-14)10-9-12-7-5-4-6-8-12/h4-8H,1-3H3. The van der Waals surface area contributed by atoms with Crippen molar-refractivity contribution in [3.63, 3.8) is 0 Å². The molecule has 0 aromatic heterocycles. The van der Waals surface area contributed by atoms with Gasteiger partial charge in [0.05, 0.1) is 0 Å². The summed E-state index contributed by atoms with van der Waals surface area (Å²) in [4.78, 5) is 10.6. The summed E-state index contributed by atoms with van der Waals surface area (Å²) in [5, 5.41) is 0. The van der Waals surface area contributed by atoms with E-state index in [-0.39, 0.29) is 5.76 Å². The van der Waals surface area contributed by atoms with E-state index in [0.29, 0.717) is 0 Å². The van der Waals surface area contributed by atoms with Crippen LogP contribution in [-0.2, 0) is 9.22 Å². The first-order chi connectivity index (χ1) is 7.51. The van der Waals surface area contributed by atoms with E-state index >= 15 is 0 Å². The van der Waals surface area contributed by atoms with E-state index in [9.17, 15) is 4.79 Å². The zero-order valence-electron chi connectivity index (χ0n) is 9.70. The van der Waals surface area contributed by atoms with Crippen molar-refractivity contribution in [2.24, 2.45) is 0 Å². The monoisotopic (exact) mass is 230 g/mol. The molecule has 0 fully saturated rings. The fourth-order valence-electron chi connectivity index (χ4n) is 1.03. The number of carbonyl (C=O) groups excluding carboxylic acids is 1. The van der Waals surface area contributed by atoms with Crippen LogP contribution < -0.4 is 0 Å². The van der Waals surface area contributed by atoms with Gasteiger partial charge in [0, 0.05) is 5.56 Å². The molecule has 0 saturated heterocycles. The van der Waals surface area contributed by atoms with Gasteiger partial charge in [0.25, 0.3) is 0 Å². The van der Waals surface area contributed by atoms with Crippen LogP contribution >= 0.6 is 0 Å². The van der Waals surface area contributed by atoms with Crippen LogP contribution in [0.1, 0.15) is 5.56 Å². The molecule has 1 aromatic carbocycles. The number of benzene rings is 1. The van der Waals surface area contributed by atoms with E-state index in [0.717, 1.165) is 5.56 Å². The van der Waals surface area contributed by atoms with Crippen LogP contribution in [0.5, 0.6) is 0 Å². The third-order valence-electron chi connectivity index (χ3n) is 1.60. The molecular formula is C13H14O2Si. The lowest BCUT2D eigenvalue weighted by Gasteiger charge is -2.16. The molecule has 0 atom stereocenters. The van der Waals surface area contributed by atoms with Crippen LogP contribution in [0.15, 0.2) is 36.1 Å². The van der Waals surface area contributed by atoms with Gasteiger partial charge in [0.1, 0.15) is 0 Å². The lowest BCUT2D eigenvalue weighted by Crippen LogP contribution is -2.24. The van der Waals surface area contributed by atoms with Gasteiger partial charge in [-0.1, -0.05) is 24.1 Å². The van der Waals surface area contributed by atoms with Gasteiger partial charge in [0.15, 0.2) is 5.94 Å². The Morgan fingerprint density at radius 3 is 2.31 bits per heavy atom. The molecule has 1 aromatic rings. The van der Waals surface area contributed by atoms with Crippen molar-refractivity contribution in [2.45, 2.75) is 19.6 Å². The van der Waals surface area contributed by atoms with E-state index in [1.807, 2.05) is 50.0 Å². The van der Waals surface area contributed by atoms with Gasteiger partial charge in [-0.25, -0.2) is 4.79 Å². The first kappa shape index (κ1) is 12.3. The zero-order valence-corrected chi connectivity index (χ0v) is 10.7. The first-order valence-corrected chi connectivity index (χ1v) is 8.43. The second-order valence-corrected chi connectivity index (χ2v) is 8.69. The smallest absolute Gasteiger partial charge is 0.244 e. The maximum atomic E-state index is 10.6. The van der Waals surface area contributed by atoms with Crippen molar-refractivity contribution in [3.8, 4) is 11.8 Å². The predicted molar refractivity (Wildman–Crippen MR) is 67.0 cm³/mol. The van der Waals surface area contributed by atoms with Gasteiger partial charge in [-0.05, 0) is 37.7 Å². The summed E-state index contributed by atoms with van der Waals surface area (Å²) in [6, 6.07) is 9.47. The fraction of sp³-hybridized carbons (Fsp3) is 0.231. The summed E-state index contributed by atoms with van der Waals surface area (Å²) in [5.74, 6) is 7.40. The molecule has 0 amide bonds. The van der Waals surface area contributed by atoms with Crippen LogP contribution in [0.4, 0.5) is 0 Å². The van der Waals surface area contributed by atoms with Gasteiger partial charge in [-0.2, -0.15) is 0 Å². The van der Waals surface area contributed by atoms with E-state index in [1.165, 1.54) is 0 Å². The Bertz CT molecular complexity index is 454. The number of hydrogen-bond donors (Lipinski definition) is 0. The van der Waals surface area contributed by atoms with Gasteiger partial charge in [-0.3, -0.25) is 0 Å². The van der Waals surface area contributed by atoms with E-state index in [1.54, 1.807) is 5.94 Å². The van der Waals surface area contributed by atoms with Crippen LogP contribution in [-0.4, -0.2) is 14.3 Å². The van der Waals surface area contributed by atoms with Crippen molar-refractivity contribution in [3.05, 3.63) is 41.7 Å². The van der Waals surface area contributed by atoms with Gasteiger partial charge in [0.2, 0.25) is 14.1 Å². The highest BCUT2D eigenvalue weighted by Gasteiger charge is 2.17. The molecule has 0 bridgehead atoms. The molecule has 0 radical (unpaired) electrons. The molecule has 0 saturated carbocycles. The third-order valence-corrected chi connectivity index (χ3v) is 2.41. The Balaban J connectivity index is 2.81. The molecule has 0 heterocycles. The minimum absolute atomic E-state index is 0.100. The summed E-state index contributed by atoms with van der Waals surface area (Å²) < 4.78 is 5.47. The van der Waals surface area contributed by atoms with Crippen molar-refractivity contribution in [2.75, 3.05) is 0 Å². The predicted octanol–water partition coefficient (Wildman–Crippen LogP) is 2.61. The number of allylic oxidation sites excluding steroid dienone is 1. The molecular weight excluding hydrogens is 216 g/mol. The quantitative estimate of drug-likeness (QED) is 0.338. The highest BCUT2D eigenvalue weighted by atomic mass is 28.4. The molecule has 0 aliphatic heterocycles. The molecule has 0 N–H and O–H groups in total. The Labute approximate surface area is 97.1 Å². The third kappa shape index (κ3) is 4.65. The van der Waals surface area contributed by atoms with Gasteiger partial charge < -0.3 is 4.43 Å².